The van der Waals surface area contributed by atoms with Crippen LogP contribution in [0.3, 0.4) is 0 Å². The topological polar surface area (TPSA) is 87.9 Å². The first-order chi connectivity index (χ1) is 15.5. The molecule has 7 nitrogen and oxygen atoms in total. The van der Waals surface area contributed by atoms with Crippen LogP contribution in [0.25, 0.3) is 0 Å². The molecule has 3 aromatic rings. The number of ether oxygens (including phenoxy) is 1. The molecule has 0 aliphatic rings. The molecule has 0 bridgehead atoms. The van der Waals surface area contributed by atoms with Crippen molar-refractivity contribution in [2.75, 3.05) is 18.4 Å². The van der Waals surface area contributed by atoms with Crippen molar-refractivity contribution < 1.29 is 18.3 Å². The Kier molecular flexibility index (Phi) is 10.7. The Hall–Kier alpha value is -3.08. The zero-order valence-electron chi connectivity index (χ0n) is 18.5. The van der Waals surface area contributed by atoms with E-state index in [4.69, 9.17) is 9.15 Å². The van der Waals surface area contributed by atoms with Gasteiger partial charge in [-0.3, -0.25) is 4.79 Å². The molecule has 1 atom stereocenters. The van der Waals surface area contributed by atoms with E-state index in [9.17, 15) is 9.18 Å². The van der Waals surface area contributed by atoms with Crippen LogP contribution in [-0.2, 0) is 6.54 Å². The summed E-state index contributed by atoms with van der Waals surface area (Å²) in [5.41, 5.74) is 1.66. The van der Waals surface area contributed by atoms with Crippen molar-refractivity contribution in [1.82, 2.24) is 10.6 Å². The quantitative estimate of drug-likeness (QED) is 0.197. The summed E-state index contributed by atoms with van der Waals surface area (Å²) in [5.74, 6) is 0.770. The predicted molar refractivity (Wildman–Crippen MR) is 138 cm³/mol. The largest absolute Gasteiger partial charge is 0.489 e. The van der Waals surface area contributed by atoms with Gasteiger partial charge in [0.1, 0.15) is 17.7 Å². The minimum absolute atomic E-state index is 0. The van der Waals surface area contributed by atoms with E-state index in [1.807, 2.05) is 38.1 Å². The number of anilines is 1. The predicted octanol–water partition coefficient (Wildman–Crippen LogP) is 4.81. The number of carbonyl (C=O) groups excluding carboxylic acids is 1. The highest BCUT2D eigenvalue weighted by Crippen LogP contribution is 2.14. The van der Waals surface area contributed by atoms with E-state index in [0.29, 0.717) is 37.0 Å². The van der Waals surface area contributed by atoms with Crippen LogP contribution in [0.5, 0.6) is 5.75 Å². The summed E-state index contributed by atoms with van der Waals surface area (Å²) >= 11 is 0. The van der Waals surface area contributed by atoms with E-state index < -0.39 is 0 Å². The molecule has 0 saturated carbocycles. The lowest BCUT2D eigenvalue weighted by Crippen LogP contribution is -2.41. The van der Waals surface area contributed by atoms with Gasteiger partial charge in [-0.25, -0.2) is 9.38 Å². The summed E-state index contributed by atoms with van der Waals surface area (Å²) in [6.07, 6.45) is 1.28. The molecule has 2 aromatic carbocycles. The highest BCUT2D eigenvalue weighted by Gasteiger charge is 2.09. The van der Waals surface area contributed by atoms with Gasteiger partial charge in [0.2, 0.25) is 0 Å². The van der Waals surface area contributed by atoms with Gasteiger partial charge in [0.05, 0.1) is 19.4 Å². The first kappa shape index (κ1) is 26.2. The Morgan fingerprint density at radius 3 is 2.58 bits per heavy atom. The van der Waals surface area contributed by atoms with E-state index in [-0.39, 0.29) is 47.6 Å². The molecule has 0 radical (unpaired) electrons. The second kappa shape index (κ2) is 13.5. The third kappa shape index (κ3) is 8.76. The summed E-state index contributed by atoms with van der Waals surface area (Å²) in [6, 6.07) is 16.8. The monoisotopic (exact) mass is 566 g/mol. The van der Waals surface area contributed by atoms with E-state index in [2.05, 4.69) is 20.9 Å². The summed E-state index contributed by atoms with van der Waals surface area (Å²) < 4.78 is 24.1. The zero-order valence-corrected chi connectivity index (χ0v) is 20.8. The number of furan rings is 1. The number of aliphatic imine (C=N–C) groups is 1. The molecule has 0 aliphatic heterocycles. The fourth-order valence-corrected chi connectivity index (χ4v) is 2.86. The van der Waals surface area contributed by atoms with Crippen molar-refractivity contribution in [2.45, 2.75) is 26.5 Å². The number of guanidine groups is 1. The lowest BCUT2D eigenvalue weighted by molar-refractivity contribution is 0.0996. The normalized spacial score (nSPS) is 11.8. The Morgan fingerprint density at radius 2 is 1.91 bits per heavy atom. The smallest absolute Gasteiger partial charge is 0.291 e. The molecule has 3 N–H and O–H groups in total. The number of halogens is 2. The molecule has 0 spiro atoms. The molecule has 1 amide bonds. The highest BCUT2D eigenvalue weighted by molar-refractivity contribution is 14.0. The molecular formula is C24H28FIN4O3. The minimum atomic E-state index is -0.330. The number of hydrogen-bond acceptors (Lipinski definition) is 4. The number of hydrogen-bond donors (Lipinski definition) is 3. The molecule has 0 aliphatic carbocycles. The summed E-state index contributed by atoms with van der Waals surface area (Å²) in [6.45, 7) is 5.56. The summed E-state index contributed by atoms with van der Waals surface area (Å²) in [7, 11) is 0. The van der Waals surface area contributed by atoms with Gasteiger partial charge in [0, 0.05) is 18.3 Å². The van der Waals surface area contributed by atoms with Crippen LogP contribution >= 0.6 is 24.0 Å². The van der Waals surface area contributed by atoms with Crippen LogP contribution in [0.15, 0.2) is 76.3 Å². The van der Waals surface area contributed by atoms with E-state index in [1.165, 1.54) is 18.4 Å². The maximum absolute atomic E-state index is 13.3. The summed E-state index contributed by atoms with van der Waals surface area (Å²) in [5, 5.41) is 9.20. The van der Waals surface area contributed by atoms with Crippen molar-refractivity contribution in [2.24, 2.45) is 4.99 Å². The maximum Gasteiger partial charge on any atom is 0.291 e. The number of carbonyl (C=O) groups is 1. The second-order valence-electron chi connectivity index (χ2n) is 7.09. The molecule has 1 aromatic heterocycles. The SMILES string of the molecule is CCNC(=NCc1ccc(NC(=O)c2ccco2)cc1)NCC(C)Oc1cccc(F)c1.I. The van der Waals surface area contributed by atoms with Crippen LogP contribution < -0.4 is 20.7 Å². The van der Waals surface area contributed by atoms with Gasteiger partial charge in [-0.2, -0.15) is 0 Å². The van der Waals surface area contributed by atoms with Crippen molar-refractivity contribution in [3.8, 4) is 5.75 Å². The van der Waals surface area contributed by atoms with Gasteiger partial charge in [0.25, 0.3) is 5.91 Å². The van der Waals surface area contributed by atoms with Gasteiger partial charge >= 0.3 is 0 Å². The zero-order chi connectivity index (χ0) is 22.8. The van der Waals surface area contributed by atoms with Crippen LogP contribution in [0, 0.1) is 5.82 Å². The fraction of sp³-hybridized carbons (Fsp3) is 0.250. The number of amides is 1. The van der Waals surface area contributed by atoms with Gasteiger partial charge in [-0.15, -0.1) is 24.0 Å². The lowest BCUT2D eigenvalue weighted by Gasteiger charge is -2.17. The second-order valence-corrected chi connectivity index (χ2v) is 7.09. The van der Waals surface area contributed by atoms with E-state index in [1.54, 1.807) is 24.3 Å². The van der Waals surface area contributed by atoms with Crippen molar-refractivity contribution in [3.05, 3.63) is 84.1 Å². The van der Waals surface area contributed by atoms with E-state index in [0.717, 1.165) is 5.56 Å². The van der Waals surface area contributed by atoms with Gasteiger partial charge in [-0.1, -0.05) is 18.2 Å². The van der Waals surface area contributed by atoms with Crippen molar-refractivity contribution >= 4 is 41.5 Å². The number of benzene rings is 2. The van der Waals surface area contributed by atoms with Crippen LogP contribution in [-0.4, -0.2) is 31.1 Å². The van der Waals surface area contributed by atoms with Gasteiger partial charge in [0.15, 0.2) is 11.7 Å². The van der Waals surface area contributed by atoms with Crippen LogP contribution in [0.1, 0.15) is 30.0 Å². The number of nitrogens with one attached hydrogen (secondary N) is 3. The molecule has 1 heterocycles. The lowest BCUT2D eigenvalue weighted by atomic mass is 10.2. The van der Waals surface area contributed by atoms with Crippen molar-refractivity contribution in [1.29, 1.82) is 0 Å². The fourth-order valence-electron chi connectivity index (χ4n) is 2.86. The Morgan fingerprint density at radius 1 is 1.12 bits per heavy atom. The number of nitrogens with zero attached hydrogens (tertiary/aromatic N) is 1. The van der Waals surface area contributed by atoms with Crippen LogP contribution in [0.4, 0.5) is 10.1 Å². The van der Waals surface area contributed by atoms with Gasteiger partial charge < -0.3 is 25.1 Å². The van der Waals surface area contributed by atoms with Crippen molar-refractivity contribution in [3.63, 3.8) is 0 Å². The molecular weight excluding hydrogens is 538 g/mol. The molecule has 0 saturated heterocycles. The Bertz CT molecular complexity index is 1030. The highest BCUT2D eigenvalue weighted by atomic mass is 127. The van der Waals surface area contributed by atoms with E-state index >= 15 is 0 Å². The third-order valence-electron chi connectivity index (χ3n) is 4.41. The average molecular weight is 566 g/mol. The first-order valence-corrected chi connectivity index (χ1v) is 10.4. The molecule has 1 unspecified atom stereocenters. The molecule has 33 heavy (non-hydrogen) atoms. The van der Waals surface area contributed by atoms with Crippen LogP contribution in [0.2, 0.25) is 0 Å². The van der Waals surface area contributed by atoms with Gasteiger partial charge in [-0.05, 0) is 55.8 Å². The molecule has 0 fully saturated rings. The molecule has 176 valence electrons. The first-order valence-electron chi connectivity index (χ1n) is 10.4. The standard InChI is InChI=1S/C24H27FN4O3.HI/c1-3-26-24(27-15-17(2)32-21-7-4-6-19(25)14-21)28-16-18-9-11-20(12-10-18)29-23(30)22-8-5-13-31-22;/h4-14,17H,3,15-16H2,1-2H3,(H,29,30)(H2,26,27,28);1H. The minimum Gasteiger partial charge on any atom is -0.489 e. The maximum atomic E-state index is 13.3. The number of rotatable bonds is 9. The Balaban J connectivity index is 0.00000385. The summed E-state index contributed by atoms with van der Waals surface area (Å²) in [4.78, 5) is 16.6. The third-order valence-corrected chi connectivity index (χ3v) is 4.41. The molecule has 9 heteroatoms. The Labute approximate surface area is 209 Å². The molecule has 3 rings (SSSR count). The average Bonchev–Trinajstić information content (AvgIpc) is 3.32.